The summed E-state index contributed by atoms with van der Waals surface area (Å²) in [6, 6.07) is 8.53. The second kappa shape index (κ2) is 4.68. The molecule has 0 unspecified atom stereocenters. The van der Waals surface area contributed by atoms with Crippen molar-refractivity contribution in [2.75, 3.05) is 12.4 Å². The van der Waals surface area contributed by atoms with Gasteiger partial charge < -0.3 is 5.32 Å². The number of nitrogens with zero attached hydrogens (tertiary/aromatic N) is 1. The van der Waals surface area contributed by atoms with Gasteiger partial charge in [0, 0.05) is 24.5 Å². The summed E-state index contributed by atoms with van der Waals surface area (Å²) in [6.07, 6.45) is -2.70. The molecule has 1 aromatic heterocycles. The van der Waals surface area contributed by atoms with Crippen LogP contribution >= 0.6 is 0 Å². The second-order valence-electron chi connectivity index (χ2n) is 3.75. The van der Waals surface area contributed by atoms with Gasteiger partial charge in [-0.1, -0.05) is 12.1 Å². The van der Waals surface area contributed by atoms with Gasteiger partial charge in [0.2, 0.25) is 0 Å². The third-order valence-corrected chi connectivity index (χ3v) is 2.56. The van der Waals surface area contributed by atoms with Crippen molar-refractivity contribution < 1.29 is 13.2 Å². The molecular formula is C13H11F3N2. The standard InChI is InChI=1S/C13H11F3N2/c1-17-11-6-7-18-12(8-11)9-2-4-10(5-3-9)13(14,15)16/h2-8H,1H3,(H,17,18). The molecule has 2 aromatic rings. The van der Waals surface area contributed by atoms with Gasteiger partial charge in [-0.25, -0.2) is 0 Å². The average molecular weight is 252 g/mol. The summed E-state index contributed by atoms with van der Waals surface area (Å²) < 4.78 is 37.2. The molecule has 1 aromatic carbocycles. The average Bonchev–Trinajstić information content (AvgIpc) is 2.38. The first-order valence-electron chi connectivity index (χ1n) is 5.32. The fourth-order valence-electron chi connectivity index (χ4n) is 1.57. The van der Waals surface area contributed by atoms with Gasteiger partial charge in [0.15, 0.2) is 0 Å². The smallest absolute Gasteiger partial charge is 0.388 e. The van der Waals surface area contributed by atoms with E-state index in [0.29, 0.717) is 11.3 Å². The van der Waals surface area contributed by atoms with Crippen molar-refractivity contribution in [2.45, 2.75) is 6.18 Å². The highest BCUT2D eigenvalue weighted by Gasteiger charge is 2.29. The monoisotopic (exact) mass is 252 g/mol. The molecule has 0 fully saturated rings. The van der Waals surface area contributed by atoms with Crippen molar-refractivity contribution >= 4 is 5.69 Å². The zero-order chi connectivity index (χ0) is 13.2. The third-order valence-electron chi connectivity index (χ3n) is 2.56. The number of nitrogens with one attached hydrogen (secondary N) is 1. The number of aromatic nitrogens is 1. The minimum Gasteiger partial charge on any atom is -0.388 e. The molecule has 5 heteroatoms. The maximum absolute atomic E-state index is 12.4. The predicted molar refractivity (Wildman–Crippen MR) is 64.2 cm³/mol. The number of pyridine rings is 1. The first-order valence-corrected chi connectivity index (χ1v) is 5.32. The van der Waals surface area contributed by atoms with E-state index in [1.807, 2.05) is 0 Å². The van der Waals surface area contributed by atoms with Crippen LogP contribution in [0.5, 0.6) is 0 Å². The fraction of sp³-hybridized carbons (Fsp3) is 0.154. The Hall–Kier alpha value is -2.04. The van der Waals surface area contributed by atoms with E-state index in [2.05, 4.69) is 10.3 Å². The van der Waals surface area contributed by atoms with E-state index >= 15 is 0 Å². The lowest BCUT2D eigenvalue weighted by molar-refractivity contribution is -0.137. The van der Waals surface area contributed by atoms with Gasteiger partial charge in [0.25, 0.3) is 0 Å². The van der Waals surface area contributed by atoms with Gasteiger partial charge >= 0.3 is 6.18 Å². The molecule has 94 valence electrons. The Labute approximate surface area is 102 Å². The highest BCUT2D eigenvalue weighted by molar-refractivity contribution is 5.64. The van der Waals surface area contributed by atoms with E-state index < -0.39 is 11.7 Å². The zero-order valence-corrected chi connectivity index (χ0v) is 9.62. The number of halogens is 3. The Balaban J connectivity index is 2.34. The van der Waals surface area contributed by atoms with Crippen LogP contribution in [0.1, 0.15) is 5.56 Å². The van der Waals surface area contributed by atoms with Crippen LogP contribution in [-0.2, 0) is 6.18 Å². The lowest BCUT2D eigenvalue weighted by Gasteiger charge is -2.08. The molecule has 1 N–H and O–H groups in total. The summed E-state index contributed by atoms with van der Waals surface area (Å²) in [4.78, 5) is 4.13. The zero-order valence-electron chi connectivity index (χ0n) is 9.62. The Morgan fingerprint density at radius 1 is 1.06 bits per heavy atom. The van der Waals surface area contributed by atoms with Crippen molar-refractivity contribution in [3.8, 4) is 11.3 Å². The number of hydrogen-bond acceptors (Lipinski definition) is 2. The molecule has 0 amide bonds. The normalized spacial score (nSPS) is 11.3. The molecule has 0 atom stereocenters. The van der Waals surface area contributed by atoms with Crippen LogP contribution in [0, 0.1) is 0 Å². The number of rotatable bonds is 2. The van der Waals surface area contributed by atoms with E-state index in [1.54, 1.807) is 25.4 Å². The molecule has 0 saturated heterocycles. The summed E-state index contributed by atoms with van der Waals surface area (Å²) in [5.41, 5.74) is 1.49. The van der Waals surface area contributed by atoms with Gasteiger partial charge in [-0.3, -0.25) is 4.98 Å². The van der Waals surface area contributed by atoms with Crippen LogP contribution in [0.25, 0.3) is 11.3 Å². The van der Waals surface area contributed by atoms with Crippen LogP contribution in [0.15, 0.2) is 42.6 Å². The molecule has 0 radical (unpaired) electrons. The van der Waals surface area contributed by atoms with E-state index in [9.17, 15) is 13.2 Å². The van der Waals surface area contributed by atoms with E-state index in [-0.39, 0.29) is 0 Å². The van der Waals surface area contributed by atoms with Gasteiger partial charge in [-0.15, -0.1) is 0 Å². The van der Waals surface area contributed by atoms with E-state index in [1.165, 1.54) is 12.1 Å². The van der Waals surface area contributed by atoms with Crippen LogP contribution in [0.2, 0.25) is 0 Å². The Bertz CT molecular complexity index is 533. The van der Waals surface area contributed by atoms with Crippen LogP contribution in [0.3, 0.4) is 0 Å². The highest BCUT2D eigenvalue weighted by atomic mass is 19.4. The molecular weight excluding hydrogens is 241 g/mol. The second-order valence-corrected chi connectivity index (χ2v) is 3.75. The summed E-state index contributed by atoms with van der Waals surface area (Å²) in [6.45, 7) is 0. The maximum Gasteiger partial charge on any atom is 0.416 e. The van der Waals surface area contributed by atoms with E-state index in [0.717, 1.165) is 17.8 Å². The lowest BCUT2D eigenvalue weighted by Crippen LogP contribution is -2.04. The first kappa shape index (κ1) is 12.4. The lowest BCUT2D eigenvalue weighted by atomic mass is 10.1. The number of anilines is 1. The van der Waals surface area contributed by atoms with Crippen LogP contribution in [-0.4, -0.2) is 12.0 Å². The van der Waals surface area contributed by atoms with Gasteiger partial charge in [-0.05, 0) is 24.3 Å². The minimum absolute atomic E-state index is 0.635. The molecule has 0 aliphatic carbocycles. The van der Waals surface area contributed by atoms with Crippen LogP contribution in [0.4, 0.5) is 18.9 Å². The maximum atomic E-state index is 12.4. The minimum atomic E-state index is -4.31. The molecule has 0 bridgehead atoms. The van der Waals surface area contributed by atoms with E-state index in [4.69, 9.17) is 0 Å². The van der Waals surface area contributed by atoms with Crippen molar-refractivity contribution in [2.24, 2.45) is 0 Å². The largest absolute Gasteiger partial charge is 0.416 e. The molecule has 0 aliphatic heterocycles. The summed E-state index contributed by atoms with van der Waals surface area (Å²) in [5.74, 6) is 0. The van der Waals surface area contributed by atoms with Crippen molar-refractivity contribution in [1.82, 2.24) is 4.98 Å². The number of hydrogen-bond donors (Lipinski definition) is 1. The van der Waals surface area contributed by atoms with Gasteiger partial charge in [0.1, 0.15) is 0 Å². The molecule has 2 nitrogen and oxygen atoms in total. The Morgan fingerprint density at radius 2 is 1.72 bits per heavy atom. The molecule has 18 heavy (non-hydrogen) atoms. The fourth-order valence-corrected chi connectivity index (χ4v) is 1.57. The van der Waals surface area contributed by atoms with Crippen molar-refractivity contribution in [3.05, 3.63) is 48.2 Å². The molecule has 0 aliphatic rings. The molecule has 0 saturated carbocycles. The van der Waals surface area contributed by atoms with Gasteiger partial charge in [-0.2, -0.15) is 13.2 Å². The highest BCUT2D eigenvalue weighted by Crippen LogP contribution is 2.30. The number of benzene rings is 1. The predicted octanol–water partition coefficient (Wildman–Crippen LogP) is 3.81. The molecule has 2 rings (SSSR count). The van der Waals surface area contributed by atoms with Crippen LogP contribution < -0.4 is 5.32 Å². The first-order chi connectivity index (χ1) is 8.50. The molecule has 1 heterocycles. The topological polar surface area (TPSA) is 24.9 Å². The van der Waals surface area contributed by atoms with Crippen molar-refractivity contribution in [1.29, 1.82) is 0 Å². The quantitative estimate of drug-likeness (QED) is 0.879. The Morgan fingerprint density at radius 3 is 2.28 bits per heavy atom. The SMILES string of the molecule is CNc1ccnc(-c2ccc(C(F)(F)F)cc2)c1. The van der Waals surface area contributed by atoms with Crippen molar-refractivity contribution in [3.63, 3.8) is 0 Å². The summed E-state index contributed by atoms with van der Waals surface area (Å²) in [5, 5.41) is 2.95. The summed E-state index contributed by atoms with van der Waals surface area (Å²) in [7, 11) is 1.77. The summed E-state index contributed by atoms with van der Waals surface area (Å²) >= 11 is 0. The Kier molecular flexibility index (Phi) is 3.23. The van der Waals surface area contributed by atoms with Gasteiger partial charge in [0.05, 0.1) is 11.3 Å². The number of alkyl halides is 3. The third kappa shape index (κ3) is 2.61. The molecule has 0 spiro atoms.